The van der Waals surface area contributed by atoms with Crippen molar-refractivity contribution >= 4 is 11.6 Å². The van der Waals surface area contributed by atoms with Crippen LogP contribution in [0.25, 0.3) is 0 Å². The molecule has 13 heavy (non-hydrogen) atoms. The van der Waals surface area contributed by atoms with E-state index >= 15 is 0 Å². The van der Waals surface area contributed by atoms with E-state index in [0.717, 1.165) is 19.6 Å². The largest absolute Gasteiger partial charge is 0.381 e. The highest BCUT2D eigenvalue weighted by atomic mass is 35.5. The van der Waals surface area contributed by atoms with Gasteiger partial charge in [-0.3, -0.25) is 0 Å². The average molecular weight is 209 g/mol. The molecule has 0 saturated heterocycles. The molecule has 1 atom stereocenters. The molecule has 0 rings (SSSR count). The van der Waals surface area contributed by atoms with Crippen LogP contribution in [-0.2, 0) is 9.47 Å². The van der Waals surface area contributed by atoms with E-state index < -0.39 is 0 Å². The smallest absolute Gasteiger partial charge is 0.0644 e. The van der Waals surface area contributed by atoms with E-state index in [1.165, 1.54) is 0 Å². The molecule has 0 fully saturated rings. The molecule has 2 nitrogen and oxygen atoms in total. The minimum atomic E-state index is -0.0792. The van der Waals surface area contributed by atoms with Gasteiger partial charge in [0.2, 0.25) is 0 Å². The molecule has 0 bridgehead atoms. The molecule has 3 heteroatoms. The molecule has 0 aromatic carbocycles. The third-order valence-corrected chi connectivity index (χ3v) is 2.59. The van der Waals surface area contributed by atoms with Gasteiger partial charge in [0.25, 0.3) is 0 Å². The number of alkyl halides is 1. The predicted octanol–water partition coefficient (Wildman–Crippen LogP) is 2.69. The summed E-state index contributed by atoms with van der Waals surface area (Å²) in [5.41, 5.74) is -0.0792. The maximum absolute atomic E-state index is 5.64. The molecule has 0 radical (unpaired) electrons. The fourth-order valence-electron chi connectivity index (χ4n) is 0.749. The van der Waals surface area contributed by atoms with E-state index in [2.05, 4.69) is 20.8 Å². The molecule has 0 aromatic heterocycles. The molecule has 80 valence electrons. The SMILES string of the molecule is COC(C)(C)CCOCC(C)CCl. The normalized spacial score (nSPS) is 14.5. The van der Waals surface area contributed by atoms with Crippen molar-refractivity contribution in [1.29, 1.82) is 0 Å². The molecule has 0 amide bonds. The molecular weight excluding hydrogens is 188 g/mol. The summed E-state index contributed by atoms with van der Waals surface area (Å²) < 4.78 is 10.7. The maximum Gasteiger partial charge on any atom is 0.0644 e. The molecule has 0 aliphatic carbocycles. The van der Waals surface area contributed by atoms with Crippen molar-refractivity contribution in [1.82, 2.24) is 0 Å². The van der Waals surface area contributed by atoms with Crippen molar-refractivity contribution in [3.8, 4) is 0 Å². The van der Waals surface area contributed by atoms with Crippen LogP contribution in [0, 0.1) is 5.92 Å². The summed E-state index contributed by atoms with van der Waals surface area (Å²) in [6.45, 7) is 7.67. The van der Waals surface area contributed by atoms with Gasteiger partial charge in [0, 0.05) is 19.6 Å². The van der Waals surface area contributed by atoms with Gasteiger partial charge < -0.3 is 9.47 Å². The van der Waals surface area contributed by atoms with Gasteiger partial charge in [0.1, 0.15) is 0 Å². The van der Waals surface area contributed by atoms with E-state index in [4.69, 9.17) is 21.1 Å². The lowest BCUT2D eigenvalue weighted by molar-refractivity contribution is -0.0128. The zero-order valence-corrected chi connectivity index (χ0v) is 9.86. The molecule has 0 aliphatic heterocycles. The van der Waals surface area contributed by atoms with Crippen LogP contribution in [0.2, 0.25) is 0 Å². The predicted molar refractivity (Wildman–Crippen MR) is 56.4 cm³/mol. The van der Waals surface area contributed by atoms with E-state index in [-0.39, 0.29) is 5.60 Å². The van der Waals surface area contributed by atoms with Crippen molar-refractivity contribution < 1.29 is 9.47 Å². The van der Waals surface area contributed by atoms with Gasteiger partial charge in [0.15, 0.2) is 0 Å². The van der Waals surface area contributed by atoms with E-state index in [1.807, 2.05) is 0 Å². The van der Waals surface area contributed by atoms with Gasteiger partial charge in [0.05, 0.1) is 12.2 Å². The lowest BCUT2D eigenvalue weighted by atomic mass is 10.1. The summed E-state index contributed by atoms with van der Waals surface area (Å²) in [6, 6.07) is 0. The molecule has 0 heterocycles. The Kier molecular flexibility index (Phi) is 6.74. The molecule has 1 unspecified atom stereocenters. The number of hydrogen-bond donors (Lipinski definition) is 0. The van der Waals surface area contributed by atoms with Gasteiger partial charge >= 0.3 is 0 Å². The second-order valence-corrected chi connectivity index (χ2v) is 4.36. The lowest BCUT2D eigenvalue weighted by Gasteiger charge is -2.22. The average Bonchev–Trinajstić information content (AvgIpc) is 2.12. The van der Waals surface area contributed by atoms with Crippen molar-refractivity contribution in [2.24, 2.45) is 5.92 Å². The van der Waals surface area contributed by atoms with Crippen molar-refractivity contribution in [3.05, 3.63) is 0 Å². The van der Waals surface area contributed by atoms with E-state index in [1.54, 1.807) is 7.11 Å². The Labute approximate surface area is 86.6 Å². The molecule has 0 spiro atoms. The highest BCUT2D eigenvalue weighted by Crippen LogP contribution is 2.12. The standard InChI is InChI=1S/C10H21ClO2/c1-9(7-11)8-13-6-5-10(2,3)12-4/h9H,5-8H2,1-4H3. The number of halogens is 1. The Bertz CT molecular complexity index is 126. The summed E-state index contributed by atoms with van der Waals surface area (Å²) >= 11 is 5.64. The highest BCUT2D eigenvalue weighted by Gasteiger charge is 2.15. The Hall–Kier alpha value is 0.210. The van der Waals surface area contributed by atoms with Gasteiger partial charge in [-0.05, 0) is 26.2 Å². The Balaban J connectivity index is 3.35. The first-order valence-corrected chi connectivity index (χ1v) is 5.24. The van der Waals surface area contributed by atoms with Gasteiger partial charge in [-0.1, -0.05) is 6.92 Å². The van der Waals surface area contributed by atoms with Gasteiger partial charge in [-0.15, -0.1) is 11.6 Å². The molecule has 0 aromatic rings. The number of hydrogen-bond acceptors (Lipinski definition) is 2. The first-order valence-electron chi connectivity index (χ1n) is 4.70. The van der Waals surface area contributed by atoms with Crippen LogP contribution < -0.4 is 0 Å². The zero-order valence-electron chi connectivity index (χ0n) is 9.10. The van der Waals surface area contributed by atoms with Crippen molar-refractivity contribution in [2.45, 2.75) is 32.8 Å². The Morgan fingerprint density at radius 3 is 2.46 bits per heavy atom. The van der Waals surface area contributed by atoms with Gasteiger partial charge in [-0.25, -0.2) is 0 Å². The van der Waals surface area contributed by atoms with Crippen LogP contribution in [-0.4, -0.2) is 31.8 Å². The fourth-order valence-corrected chi connectivity index (χ4v) is 0.838. The Morgan fingerprint density at radius 2 is 2.00 bits per heavy atom. The fraction of sp³-hybridized carbons (Fsp3) is 1.00. The summed E-state index contributed by atoms with van der Waals surface area (Å²) in [6.07, 6.45) is 0.915. The summed E-state index contributed by atoms with van der Waals surface area (Å²) in [4.78, 5) is 0. The van der Waals surface area contributed by atoms with Crippen LogP contribution in [0.5, 0.6) is 0 Å². The molecule has 0 aliphatic rings. The molecule has 0 N–H and O–H groups in total. The maximum atomic E-state index is 5.64. The van der Waals surface area contributed by atoms with Gasteiger partial charge in [-0.2, -0.15) is 0 Å². The third-order valence-electron chi connectivity index (χ3n) is 2.07. The zero-order chi connectivity index (χ0) is 10.3. The minimum absolute atomic E-state index is 0.0792. The van der Waals surface area contributed by atoms with E-state index in [9.17, 15) is 0 Å². The van der Waals surface area contributed by atoms with Crippen LogP contribution in [0.15, 0.2) is 0 Å². The number of ether oxygens (including phenoxy) is 2. The van der Waals surface area contributed by atoms with E-state index in [0.29, 0.717) is 11.8 Å². The van der Waals surface area contributed by atoms with Crippen molar-refractivity contribution in [3.63, 3.8) is 0 Å². The summed E-state index contributed by atoms with van der Waals surface area (Å²) in [5.74, 6) is 1.10. The quantitative estimate of drug-likeness (QED) is 0.473. The number of methoxy groups -OCH3 is 1. The van der Waals surface area contributed by atoms with Crippen LogP contribution in [0.3, 0.4) is 0 Å². The summed E-state index contributed by atoms with van der Waals surface area (Å²) in [7, 11) is 1.72. The lowest BCUT2D eigenvalue weighted by Crippen LogP contribution is -2.25. The highest BCUT2D eigenvalue weighted by molar-refractivity contribution is 6.18. The van der Waals surface area contributed by atoms with Crippen molar-refractivity contribution in [2.75, 3.05) is 26.2 Å². The minimum Gasteiger partial charge on any atom is -0.381 e. The summed E-state index contributed by atoms with van der Waals surface area (Å²) in [5, 5.41) is 0. The third kappa shape index (κ3) is 7.29. The molecule has 0 saturated carbocycles. The first-order chi connectivity index (χ1) is 6.02. The second-order valence-electron chi connectivity index (χ2n) is 4.05. The van der Waals surface area contributed by atoms with Crippen LogP contribution in [0.1, 0.15) is 27.2 Å². The topological polar surface area (TPSA) is 18.5 Å². The Morgan fingerprint density at radius 1 is 1.38 bits per heavy atom. The van der Waals surface area contributed by atoms with Crippen LogP contribution in [0.4, 0.5) is 0 Å². The molecular formula is C10H21ClO2. The monoisotopic (exact) mass is 208 g/mol. The second kappa shape index (κ2) is 6.63. The number of rotatable bonds is 7. The first kappa shape index (κ1) is 13.2. The van der Waals surface area contributed by atoms with Crippen LogP contribution >= 0.6 is 11.6 Å².